The molecule has 3 nitrogen and oxygen atoms in total. The summed E-state index contributed by atoms with van der Waals surface area (Å²) in [5, 5.41) is 1.95. The SMILES string of the molecule is Cc1ccc([C@H](NS(=O)(=O)c2ccccc2Br)c2cccs2)cc1. The van der Waals surface area contributed by atoms with Gasteiger partial charge in [0.25, 0.3) is 0 Å². The van der Waals surface area contributed by atoms with Crippen molar-refractivity contribution in [3.05, 3.63) is 86.5 Å². The Labute approximate surface area is 154 Å². The van der Waals surface area contributed by atoms with E-state index in [1.54, 1.807) is 24.3 Å². The van der Waals surface area contributed by atoms with E-state index in [0.717, 1.165) is 16.0 Å². The molecule has 1 heterocycles. The molecule has 1 atom stereocenters. The van der Waals surface area contributed by atoms with Gasteiger partial charge in [-0.25, -0.2) is 8.42 Å². The number of thiophene rings is 1. The number of halogens is 1. The Bertz CT molecular complexity index is 920. The van der Waals surface area contributed by atoms with Crippen LogP contribution in [0.25, 0.3) is 0 Å². The fourth-order valence-electron chi connectivity index (χ4n) is 2.39. The lowest BCUT2D eigenvalue weighted by Gasteiger charge is -2.19. The first-order valence-electron chi connectivity index (χ1n) is 7.34. The monoisotopic (exact) mass is 421 g/mol. The number of nitrogens with one attached hydrogen (secondary N) is 1. The molecule has 0 amide bonds. The van der Waals surface area contributed by atoms with Crippen molar-refractivity contribution in [3.8, 4) is 0 Å². The molecule has 0 saturated heterocycles. The quantitative estimate of drug-likeness (QED) is 0.637. The van der Waals surface area contributed by atoms with E-state index in [0.29, 0.717) is 4.47 Å². The number of hydrogen-bond donors (Lipinski definition) is 1. The van der Waals surface area contributed by atoms with Crippen LogP contribution in [0.15, 0.2) is 75.4 Å². The Hall–Kier alpha value is -1.47. The van der Waals surface area contributed by atoms with Gasteiger partial charge in [0.1, 0.15) is 0 Å². The van der Waals surface area contributed by atoms with E-state index >= 15 is 0 Å². The average molecular weight is 422 g/mol. The molecule has 0 spiro atoms. The van der Waals surface area contributed by atoms with Crippen LogP contribution in [0, 0.1) is 6.92 Å². The smallest absolute Gasteiger partial charge is 0.207 e. The predicted molar refractivity (Wildman–Crippen MR) is 102 cm³/mol. The van der Waals surface area contributed by atoms with Crippen molar-refractivity contribution in [1.82, 2.24) is 4.72 Å². The summed E-state index contributed by atoms with van der Waals surface area (Å²) in [5.74, 6) is 0. The second-order valence-electron chi connectivity index (χ2n) is 5.41. The second-order valence-corrected chi connectivity index (χ2v) is 8.93. The van der Waals surface area contributed by atoms with Crippen molar-refractivity contribution in [3.63, 3.8) is 0 Å². The summed E-state index contributed by atoms with van der Waals surface area (Å²) in [5.41, 5.74) is 2.05. The van der Waals surface area contributed by atoms with E-state index in [4.69, 9.17) is 0 Å². The summed E-state index contributed by atoms with van der Waals surface area (Å²) in [6, 6.07) is 18.2. The fraction of sp³-hybridized carbons (Fsp3) is 0.111. The molecule has 0 unspecified atom stereocenters. The third kappa shape index (κ3) is 3.78. The van der Waals surface area contributed by atoms with Gasteiger partial charge in [0.05, 0.1) is 10.9 Å². The first-order chi connectivity index (χ1) is 11.5. The van der Waals surface area contributed by atoms with Gasteiger partial charge >= 0.3 is 0 Å². The van der Waals surface area contributed by atoms with Crippen molar-refractivity contribution in [2.75, 3.05) is 0 Å². The van der Waals surface area contributed by atoms with Gasteiger partial charge in [0, 0.05) is 9.35 Å². The summed E-state index contributed by atoms with van der Waals surface area (Å²) in [4.78, 5) is 1.19. The Morgan fingerprint density at radius 3 is 2.33 bits per heavy atom. The Morgan fingerprint density at radius 1 is 1.00 bits per heavy atom. The molecular formula is C18H16BrNO2S2. The molecular weight excluding hydrogens is 406 g/mol. The van der Waals surface area contributed by atoms with E-state index in [2.05, 4.69) is 20.7 Å². The van der Waals surface area contributed by atoms with Crippen LogP contribution in [0.3, 0.4) is 0 Å². The van der Waals surface area contributed by atoms with Gasteiger partial charge in [-0.15, -0.1) is 11.3 Å². The number of rotatable bonds is 5. The normalized spacial score (nSPS) is 12.9. The highest BCUT2D eigenvalue weighted by molar-refractivity contribution is 9.10. The molecule has 3 aromatic rings. The lowest BCUT2D eigenvalue weighted by Crippen LogP contribution is -2.29. The molecule has 3 rings (SSSR count). The number of benzene rings is 2. The van der Waals surface area contributed by atoms with Gasteiger partial charge in [-0.2, -0.15) is 4.72 Å². The minimum atomic E-state index is -3.66. The summed E-state index contributed by atoms with van der Waals surface area (Å²) in [7, 11) is -3.66. The van der Waals surface area contributed by atoms with E-state index in [9.17, 15) is 8.42 Å². The van der Waals surface area contributed by atoms with E-state index in [1.807, 2.05) is 48.7 Å². The zero-order valence-corrected chi connectivity index (χ0v) is 16.2. The highest BCUT2D eigenvalue weighted by Crippen LogP contribution is 2.29. The lowest BCUT2D eigenvalue weighted by atomic mass is 10.0. The van der Waals surface area contributed by atoms with Gasteiger partial charge in [-0.05, 0) is 52.0 Å². The van der Waals surface area contributed by atoms with Crippen LogP contribution in [0.4, 0.5) is 0 Å². The minimum Gasteiger partial charge on any atom is -0.207 e. The molecule has 0 aliphatic carbocycles. The predicted octanol–water partition coefficient (Wildman–Crippen LogP) is 4.89. The van der Waals surface area contributed by atoms with Gasteiger partial charge in [0.2, 0.25) is 10.0 Å². The largest absolute Gasteiger partial charge is 0.242 e. The van der Waals surface area contributed by atoms with Crippen molar-refractivity contribution in [2.24, 2.45) is 0 Å². The third-order valence-electron chi connectivity index (χ3n) is 3.64. The first kappa shape index (κ1) is 17.4. The highest BCUT2D eigenvalue weighted by atomic mass is 79.9. The topological polar surface area (TPSA) is 46.2 Å². The molecule has 0 aliphatic heterocycles. The van der Waals surface area contributed by atoms with Crippen LogP contribution >= 0.6 is 27.3 Å². The molecule has 0 aliphatic rings. The first-order valence-corrected chi connectivity index (χ1v) is 10.5. The van der Waals surface area contributed by atoms with E-state index in [1.165, 1.54) is 11.3 Å². The molecule has 2 aromatic carbocycles. The van der Waals surface area contributed by atoms with Crippen LogP contribution in [0.2, 0.25) is 0 Å². The standard InChI is InChI=1S/C18H16BrNO2S2/c1-13-8-10-14(11-9-13)18(16-6-4-12-23-16)20-24(21,22)17-7-3-2-5-15(17)19/h2-12,18,20H,1H3/t18-/m0/s1. The zero-order valence-electron chi connectivity index (χ0n) is 12.9. The molecule has 6 heteroatoms. The summed E-state index contributed by atoms with van der Waals surface area (Å²) < 4.78 is 29.1. The van der Waals surface area contributed by atoms with Crippen molar-refractivity contribution in [2.45, 2.75) is 17.9 Å². The fourth-order valence-corrected chi connectivity index (χ4v) is 5.47. The van der Waals surface area contributed by atoms with Crippen molar-refractivity contribution in [1.29, 1.82) is 0 Å². The van der Waals surface area contributed by atoms with Crippen LogP contribution < -0.4 is 4.72 Å². The average Bonchev–Trinajstić information content (AvgIpc) is 3.08. The maximum Gasteiger partial charge on any atom is 0.242 e. The number of aryl methyl sites for hydroxylation is 1. The zero-order chi connectivity index (χ0) is 17.2. The molecule has 24 heavy (non-hydrogen) atoms. The third-order valence-corrected chi connectivity index (χ3v) is 7.01. The van der Waals surface area contributed by atoms with Gasteiger partial charge < -0.3 is 0 Å². The molecule has 124 valence electrons. The van der Waals surface area contributed by atoms with E-state index < -0.39 is 16.1 Å². The summed E-state index contributed by atoms with van der Waals surface area (Å²) >= 11 is 4.85. The second kappa shape index (κ2) is 7.19. The van der Waals surface area contributed by atoms with E-state index in [-0.39, 0.29) is 4.90 Å². The highest BCUT2D eigenvalue weighted by Gasteiger charge is 2.25. The Kier molecular flexibility index (Phi) is 5.20. The number of hydrogen-bond acceptors (Lipinski definition) is 3. The van der Waals surface area contributed by atoms with Crippen LogP contribution in [0.1, 0.15) is 22.0 Å². The van der Waals surface area contributed by atoms with Gasteiger partial charge in [-0.1, -0.05) is 48.0 Å². The maximum atomic E-state index is 12.9. The summed E-state index contributed by atoms with van der Waals surface area (Å²) in [6.45, 7) is 2.01. The maximum absolute atomic E-state index is 12.9. The molecule has 0 radical (unpaired) electrons. The van der Waals surface area contributed by atoms with Crippen LogP contribution in [-0.4, -0.2) is 8.42 Å². The molecule has 0 saturated carbocycles. The van der Waals surface area contributed by atoms with Crippen molar-refractivity contribution < 1.29 is 8.42 Å². The van der Waals surface area contributed by atoms with Crippen molar-refractivity contribution >= 4 is 37.3 Å². The molecule has 1 N–H and O–H groups in total. The molecule has 0 bridgehead atoms. The minimum absolute atomic E-state index is 0.235. The lowest BCUT2D eigenvalue weighted by molar-refractivity contribution is 0.573. The van der Waals surface area contributed by atoms with Crippen LogP contribution in [0.5, 0.6) is 0 Å². The Balaban J connectivity index is 2.01. The Morgan fingerprint density at radius 2 is 1.71 bits per heavy atom. The van der Waals surface area contributed by atoms with Crippen LogP contribution in [-0.2, 0) is 10.0 Å². The van der Waals surface area contributed by atoms with Gasteiger partial charge in [-0.3, -0.25) is 0 Å². The van der Waals surface area contributed by atoms with Gasteiger partial charge in [0.15, 0.2) is 0 Å². The molecule has 0 fully saturated rings. The molecule has 1 aromatic heterocycles. The number of sulfonamides is 1. The summed E-state index contributed by atoms with van der Waals surface area (Å²) in [6.07, 6.45) is 0.